The summed E-state index contributed by atoms with van der Waals surface area (Å²) < 4.78 is 40.0. The highest BCUT2D eigenvalue weighted by atomic mass is 16.6. The highest BCUT2D eigenvalue weighted by molar-refractivity contribution is 5.60. The van der Waals surface area contributed by atoms with E-state index < -0.39 is 11.0 Å². The number of ether oxygens (including phenoxy) is 7. The summed E-state index contributed by atoms with van der Waals surface area (Å²) in [6.45, 7) is 6.00. The van der Waals surface area contributed by atoms with Crippen LogP contribution < -0.4 is 4.74 Å². The predicted molar refractivity (Wildman–Crippen MR) is 142 cm³/mol. The van der Waals surface area contributed by atoms with Gasteiger partial charge in [0.05, 0.1) is 89.8 Å². The van der Waals surface area contributed by atoms with Gasteiger partial charge in [-0.1, -0.05) is 12.1 Å². The van der Waals surface area contributed by atoms with Gasteiger partial charge < -0.3 is 48.3 Å². The number of benzene rings is 1. The quantitative estimate of drug-likeness (QED) is 0.273. The van der Waals surface area contributed by atoms with Gasteiger partial charge in [-0.05, 0) is 44.8 Å². The van der Waals surface area contributed by atoms with Crippen LogP contribution in [0.15, 0.2) is 12.1 Å². The molecule has 1 unspecified atom stereocenters. The molecule has 1 spiro atoms. The minimum atomic E-state index is -0.870. The normalized spacial score (nSPS) is 30.8. The third kappa shape index (κ3) is 5.48. The Labute approximate surface area is 231 Å². The lowest BCUT2D eigenvalue weighted by Crippen LogP contribution is -2.76. The number of aliphatic hydroxyl groups excluding tert-OH is 1. The van der Waals surface area contributed by atoms with Gasteiger partial charge in [0, 0.05) is 24.3 Å². The largest absolute Gasteiger partial charge is 0.486 e. The van der Waals surface area contributed by atoms with Crippen molar-refractivity contribution < 1.29 is 43.4 Å². The van der Waals surface area contributed by atoms with E-state index in [1.54, 1.807) is 7.11 Å². The van der Waals surface area contributed by atoms with Crippen LogP contribution in [0.25, 0.3) is 0 Å². The Hall–Kier alpha value is -1.34. The number of rotatable bonds is 17. The maximum Gasteiger partial charge on any atom is 0.137 e. The van der Waals surface area contributed by atoms with Crippen LogP contribution in [-0.2, 0) is 46.9 Å². The lowest BCUT2D eigenvalue weighted by Gasteiger charge is -2.63. The molecular formula is C29H45NO9. The van der Waals surface area contributed by atoms with Crippen LogP contribution in [0.5, 0.6) is 5.75 Å². The Morgan fingerprint density at radius 1 is 0.923 bits per heavy atom. The van der Waals surface area contributed by atoms with Gasteiger partial charge in [0.2, 0.25) is 0 Å². The van der Waals surface area contributed by atoms with Gasteiger partial charge >= 0.3 is 0 Å². The Balaban J connectivity index is 1.07. The number of hydrogen-bond donors (Lipinski definition) is 2. The van der Waals surface area contributed by atoms with Gasteiger partial charge in [-0.3, -0.25) is 0 Å². The fourth-order valence-corrected chi connectivity index (χ4v) is 7.23. The maximum atomic E-state index is 12.3. The van der Waals surface area contributed by atoms with Crippen molar-refractivity contribution in [1.82, 2.24) is 4.90 Å². The molecule has 1 saturated heterocycles. The van der Waals surface area contributed by atoms with E-state index in [4.69, 9.17) is 33.2 Å². The number of likely N-dealkylation sites (N-methyl/N-ethyl adjacent to an activating group) is 1. The summed E-state index contributed by atoms with van der Waals surface area (Å²) in [5.41, 5.74) is 1.77. The van der Waals surface area contributed by atoms with Crippen molar-refractivity contribution in [3.8, 4) is 5.75 Å². The molecule has 10 heteroatoms. The van der Waals surface area contributed by atoms with E-state index in [1.807, 2.05) is 6.07 Å². The molecule has 5 rings (SSSR count). The molecule has 4 aliphatic rings. The van der Waals surface area contributed by atoms with Crippen molar-refractivity contribution in [2.24, 2.45) is 0 Å². The highest BCUT2D eigenvalue weighted by Gasteiger charge is 2.72. The summed E-state index contributed by atoms with van der Waals surface area (Å²) >= 11 is 0. The summed E-state index contributed by atoms with van der Waals surface area (Å²) in [5, 5.41) is 22.3. The Kier molecular flexibility index (Phi) is 9.79. The Morgan fingerprint density at radius 3 is 2.21 bits per heavy atom. The molecular weight excluding hydrogens is 506 g/mol. The number of piperidine rings is 1. The number of aliphatic hydroxyl groups is 2. The van der Waals surface area contributed by atoms with Crippen LogP contribution in [0, 0.1) is 0 Å². The average Bonchev–Trinajstić information content (AvgIpc) is 3.29. The third-order valence-corrected chi connectivity index (χ3v) is 9.06. The van der Waals surface area contributed by atoms with Crippen LogP contribution in [-0.4, -0.2) is 126 Å². The van der Waals surface area contributed by atoms with Crippen molar-refractivity contribution in [2.75, 3.05) is 86.8 Å². The van der Waals surface area contributed by atoms with Gasteiger partial charge in [0.15, 0.2) is 0 Å². The lowest BCUT2D eigenvalue weighted by molar-refractivity contribution is -0.213. The van der Waals surface area contributed by atoms with Gasteiger partial charge in [-0.15, -0.1) is 0 Å². The number of hydrogen-bond acceptors (Lipinski definition) is 10. The first-order valence-electron chi connectivity index (χ1n) is 14.3. The van der Waals surface area contributed by atoms with Gasteiger partial charge in [-0.2, -0.15) is 0 Å². The van der Waals surface area contributed by atoms with Crippen molar-refractivity contribution in [1.29, 1.82) is 0 Å². The Morgan fingerprint density at radius 2 is 1.56 bits per heavy atom. The summed E-state index contributed by atoms with van der Waals surface area (Å²) in [4.78, 5) is 2.31. The molecule has 5 atom stereocenters. The fourth-order valence-electron chi connectivity index (χ4n) is 7.23. The highest BCUT2D eigenvalue weighted by Crippen LogP contribution is 2.64. The van der Waals surface area contributed by atoms with E-state index in [-0.39, 0.29) is 24.9 Å². The lowest BCUT2D eigenvalue weighted by atomic mass is 9.48. The molecule has 2 heterocycles. The maximum absolute atomic E-state index is 12.3. The zero-order chi connectivity index (χ0) is 27.3. The van der Waals surface area contributed by atoms with Crippen LogP contribution in [0.2, 0.25) is 0 Å². The molecule has 2 bridgehead atoms. The van der Waals surface area contributed by atoms with Crippen molar-refractivity contribution in [2.45, 2.75) is 61.6 Å². The standard InChI is InChI=1S/C29H45NO9/c1-30-8-7-28-25-21-3-4-22(20-31)26(25)39-27(28)23(5-6-29(28,32)24(30)19-21)38-18-17-37-16-15-36-14-13-35-12-11-34-10-9-33-2/h3-4,23-24,27,31-32H,5-20H2,1-2H3/t23-,24?,27-,28-,29+/m0/s1. The number of methoxy groups -OCH3 is 1. The van der Waals surface area contributed by atoms with E-state index in [0.717, 1.165) is 42.7 Å². The molecule has 0 amide bonds. The van der Waals surface area contributed by atoms with E-state index in [2.05, 4.69) is 18.0 Å². The molecule has 2 aliphatic heterocycles. The third-order valence-electron chi connectivity index (χ3n) is 9.06. The van der Waals surface area contributed by atoms with Crippen molar-refractivity contribution in [3.63, 3.8) is 0 Å². The first-order valence-corrected chi connectivity index (χ1v) is 14.3. The second-order valence-electron chi connectivity index (χ2n) is 11.0. The average molecular weight is 552 g/mol. The molecule has 1 aromatic rings. The molecule has 2 fully saturated rings. The molecule has 1 saturated carbocycles. The van der Waals surface area contributed by atoms with Crippen LogP contribution in [0.4, 0.5) is 0 Å². The molecule has 220 valence electrons. The summed E-state index contributed by atoms with van der Waals surface area (Å²) in [7, 11) is 3.77. The van der Waals surface area contributed by atoms with E-state index in [9.17, 15) is 10.2 Å². The minimum Gasteiger partial charge on any atom is -0.486 e. The van der Waals surface area contributed by atoms with E-state index >= 15 is 0 Å². The van der Waals surface area contributed by atoms with Crippen LogP contribution >= 0.6 is 0 Å². The molecule has 0 radical (unpaired) electrons. The second-order valence-corrected chi connectivity index (χ2v) is 11.0. The molecule has 0 aromatic heterocycles. The topological polar surface area (TPSA) is 108 Å². The Bertz CT molecular complexity index is 948. The summed E-state index contributed by atoms with van der Waals surface area (Å²) in [5.74, 6) is 0.771. The smallest absolute Gasteiger partial charge is 0.137 e. The van der Waals surface area contributed by atoms with Gasteiger partial charge in [0.25, 0.3) is 0 Å². The first-order chi connectivity index (χ1) is 19.1. The minimum absolute atomic E-state index is 0.0553. The summed E-state index contributed by atoms with van der Waals surface area (Å²) in [6, 6.07) is 4.15. The SMILES string of the molecule is COCCOCCOCCOCCOCCO[C@H]1CC[C@@]2(O)C3Cc4ccc(CO)c5c4[C@@]2(CCN3C)[C@H]1O5. The fraction of sp³-hybridized carbons (Fsp3) is 0.793. The molecule has 39 heavy (non-hydrogen) atoms. The van der Waals surface area contributed by atoms with Crippen LogP contribution in [0.3, 0.4) is 0 Å². The molecule has 1 aromatic carbocycles. The second kappa shape index (κ2) is 13.1. The van der Waals surface area contributed by atoms with Crippen LogP contribution in [0.1, 0.15) is 36.0 Å². The monoisotopic (exact) mass is 551 g/mol. The van der Waals surface area contributed by atoms with Gasteiger partial charge in [-0.25, -0.2) is 0 Å². The van der Waals surface area contributed by atoms with E-state index in [0.29, 0.717) is 72.5 Å². The van der Waals surface area contributed by atoms with Crippen molar-refractivity contribution >= 4 is 0 Å². The molecule has 10 nitrogen and oxygen atoms in total. The predicted octanol–water partition coefficient (Wildman–Crippen LogP) is 1.06. The number of nitrogens with zero attached hydrogens (tertiary/aromatic N) is 1. The molecule has 2 aliphatic carbocycles. The molecule has 2 N–H and O–H groups in total. The first kappa shape index (κ1) is 29.2. The van der Waals surface area contributed by atoms with Gasteiger partial charge in [0.1, 0.15) is 11.9 Å². The zero-order valence-corrected chi connectivity index (χ0v) is 23.4. The van der Waals surface area contributed by atoms with E-state index in [1.165, 1.54) is 5.56 Å². The zero-order valence-electron chi connectivity index (χ0n) is 23.4. The number of likely N-dealkylation sites (tertiary alicyclic amines) is 1. The van der Waals surface area contributed by atoms with Crippen molar-refractivity contribution in [3.05, 3.63) is 28.8 Å². The summed E-state index contributed by atoms with van der Waals surface area (Å²) in [6.07, 6.45) is 2.60.